The second-order valence-electron chi connectivity index (χ2n) is 6.36. The van der Waals surface area contributed by atoms with E-state index in [-0.39, 0.29) is 0 Å². The molecular weight excluding hydrogens is 308 g/mol. The summed E-state index contributed by atoms with van der Waals surface area (Å²) in [5, 5.41) is 9.95. The molecule has 0 saturated heterocycles. The number of aryl methyl sites for hydroxylation is 1. The lowest BCUT2D eigenvalue weighted by Crippen LogP contribution is -1.96. The highest BCUT2D eigenvalue weighted by Gasteiger charge is 2.06. The number of carbonyl (C=O) groups excluding carboxylic acids is 1. The first-order valence-electron chi connectivity index (χ1n) is 9.52. The van der Waals surface area contributed by atoms with Gasteiger partial charge in [0, 0.05) is 5.56 Å². The van der Waals surface area contributed by atoms with Crippen LogP contribution in [0.3, 0.4) is 0 Å². The molecule has 136 valence electrons. The SMILES string of the molecule is CCCCCc1cccc(O)c1CCCCC.O=Cc1ccccc1. The van der Waals surface area contributed by atoms with E-state index in [0.717, 1.165) is 24.7 Å². The smallest absolute Gasteiger partial charge is 0.150 e. The van der Waals surface area contributed by atoms with Crippen LogP contribution >= 0.6 is 0 Å². The van der Waals surface area contributed by atoms with Gasteiger partial charge in [-0.05, 0) is 42.9 Å². The van der Waals surface area contributed by atoms with Crippen molar-refractivity contribution in [2.75, 3.05) is 0 Å². The average Bonchev–Trinajstić information content (AvgIpc) is 2.65. The molecule has 0 radical (unpaired) electrons. The molecule has 0 aliphatic rings. The minimum Gasteiger partial charge on any atom is -0.508 e. The Morgan fingerprint density at radius 3 is 2.00 bits per heavy atom. The molecule has 0 aliphatic heterocycles. The normalized spacial score (nSPS) is 10.0. The van der Waals surface area contributed by atoms with Crippen LogP contribution in [0.5, 0.6) is 5.75 Å². The van der Waals surface area contributed by atoms with Crippen LogP contribution in [0.1, 0.15) is 73.9 Å². The predicted molar refractivity (Wildman–Crippen MR) is 106 cm³/mol. The van der Waals surface area contributed by atoms with Gasteiger partial charge in [0.1, 0.15) is 12.0 Å². The Morgan fingerprint density at radius 2 is 1.44 bits per heavy atom. The molecule has 2 heteroatoms. The van der Waals surface area contributed by atoms with E-state index in [2.05, 4.69) is 19.9 Å². The number of rotatable bonds is 9. The lowest BCUT2D eigenvalue weighted by Gasteiger charge is -2.11. The van der Waals surface area contributed by atoms with Crippen molar-refractivity contribution in [1.29, 1.82) is 0 Å². The van der Waals surface area contributed by atoms with Crippen LogP contribution in [0.2, 0.25) is 0 Å². The molecule has 0 saturated carbocycles. The van der Waals surface area contributed by atoms with Crippen molar-refractivity contribution in [2.24, 2.45) is 0 Å². The van der Waals surface area contributed by atoms with Gasteiger partial charge in [0.05, 0.1) is 0 Å². The Morgan fingerprint density at radius 1 is 0.800 bits per heavy atom. The minimum absolute atomic E-state index is 0.495. The molecule has 25 heavy (non-hydrogen) atoms. The maximum Gasteiger partial charge on any atom is 0.150 e. The third kappa shape index (κ3) is 8.53. The van der Waals surface area contributed by atoms with Gasteiger partial charge in [-0.2, -0.15) is 0 Å². The van der Waals surface area contributed by atoms with Crippen LogP contribution in [0.25, 0.3) is 0 Å². The molecule has 1 N–H and O–H groups in total. The molecule has 2 aromatic rings. The summed E-state index contributed by atoms with van der Waals surface area (Å²) in [6, 6.07) is 15.1. The van der Waals surface area contributed by atoms with Gasteiger partial charge < -0.3 is 5.11 Å². The maximum atomic E-state index is 10.0. The standard InChI is InChI=1S/C16H26O.C7H6O/c1-3-5-7-10-14-11-9-13-16(17)15(14)12-8-6-4-2;8-6-7-4-2-1-3-5-7/h9,11,13,17H,3-8,10,12H2,1-2H3;1-6H. The highest BCUT2D eigenvalue weighted by molar-refractivity contribution is 5.74. The summed E-state index contributed by atoms with van der Waals surface area (Å²) in [5.74, 6) is 0.495. The Bertz CT molecular complexity index is 590. The summed E-state index contributed by atoms with van der Waals surface area (Å²) in [7, 11) is 0. The van der Waals surface area contributed by atoms with Crippen LogP contribution < -0.4 is 0 Å². The summed E-state index contributed by atoms with van der Waals surface area (Å²) >= 11 is 0. The first kappa shape index (κ1) is 21.0. The second-order valence-corrected chi connectivity index (χ2v) is 6.36. The topological polar surface area (TPSA) is 37.3 Å². The van der Waals surface area contributed by atoms with Gasteiger partial charge in [0.2, 0.25) is 0 Å². The van der Waals surface area contributed by atoms with Gasteiger partial charge in [-0.25, -0.2) is 0 Å². The van der Waals surface area contributed by atoms with Crippen LogP contribution in [0, 0.1) is 0 Å². The number of benzene rings is 2. The zero-order valence-corrected chi connectivity index (χ0v) is 15.7. The average molecular weight is 341 g/mol. The molecule has 0 atom stereocenters. The van der Waals surface area contributed by atoms with Gasteiger partial charge in [0.25, 0.3) is 0 Å². The monoisotopic (exact) mass is 340 g/mol. The molecule has 2 nitrogen and oxygen atoms in total. The molecule has 0 aromatic heterocycles. The van der Waals surface area contributed by atoms with Gasteiger partial charge >= 0.3 is 0 Å². The zero-order valence-electron chi connectivity index (χ0n) is 15.7. The van der Waals surface area contributed by atoms with E-state index in [0.29, 0.717) is 5.75 Å². The van der Waals surface area contributed by atoms with Crippen LogP contribution in [0.4, 0.5) is 0 Å². The Labute approximate surface area is 152 Å². The molecule has 2 aromatic carbocycles. The number of phenolic OH excluding ortho intramolecular Hbond substituents is 1. The van der Waals surface area contributed by atoms with E-state index in [1.807, 2.05) is 30.3 Å². The second kappa shape index (κ2) is 13.2. The van der Waals surface area contributed by atoms with Crippen molar-refractivity contribution in [3.05, 3.63) is 65.2 Å². The fourth-order valence-electron chi connectivity index (χ4n) is 2.79. The van der Waals surface area contributed by atoms with E-state index in [1.54, 1.807) is 12.1 Å². The van der Waals surface area contributed by atoms with E-state index in [1.165, 1.54) is 49.7 Å². The van der Waals surface area contributed by atoms with Crippen molar-refractivity contribution < 1.29 is 9.90 Å². The number of phenols is 1. The largest absolute Gasteiger partial charge is 0.508 e. The first-order valence-corrected chi connectivity index (χ1v) is 9.52. The number of aromatic hydroxyl groups is 1. The maximum absolute atomic E-state index is 10.0. The molecule has 0 heterocycles. The lowest BCUT2D eigenvalue weighted by molar-refractivity contribution is 0.112. The van der Waals surface area contributed by atoms with Crippen LogP contribution in [-0.2, 0) is 12.8 Å². The molecule has 0 spiro atoms. The highest BCUT2D eigenvalue weighted by Crippen LogP contribution is 2.24. The minimum atomic E-state index is 0.495. The van der Waals surface area contributed by atoms with Gasteiger partial charge in [0.15, 0.2) is 0 Å². The molecule has 0 unspecified atom stereocenters. The van der Waals surface area contributed by atoms with Crippen LogP contribution in [-0.4, -0.2) is 11.4 Å². The van der Waals surface area contributed by atoms with Crippen molar-refractivity contribution in [2.45, 2.75) is 65.2 Å². The number of unbranched alkanes of at least 4 members (excludes halogenated alkanes) is 4. The van der Waals surface area contributed by atoms with Crippen molar-refractivity contribution >= 4 is 6.29 Å². The Balaban J connectivity index is 0.000000324. The van der Waals surface area contributed by atoms with Crippen molar-refractivity contribution in [3.8, 4) is 5.75 Å². The van der Waals surface area contributed by atoms with E-state index in [9.17, 15) is 9.90 Å². The number of aldehydes is 1. The third-order valence-electron chi connectivity index (χ3n) is 4.26. The molecule has 0 aliphatic carbocycles. The van der Waals surface area contributed by atoms with Gasteiger partial charge in [-0.3, -0.25) is 4.79 Å². The summed E-state index contributed by atoms with van der Waals surface area (Å²) in [6.07, 6.45) is 10.4. The van der Waals surface area contributed by atoms with Crippen LogP contribution in [0.15, 0.2) is 48.5 Å². The fraction of sp³-hybridized carbons (Fsp3) is 0.435. The summed E-state index contributed by atoms with van der Waals surface area (Å²) < 4.78 is 0. The van der Waals surface area contributed by atoms with E-state index >= 15 is 0 Å². The van der Waals surface area contributed by atoms with Gasteiger partial charge in [-0.1, -0.05) is 82.0 Å². The predicted octanol–water partition coefficient (Wildman–Crippen LogP) is 6.36. The Hall–Kier alpha value is -2.09. The molecule has 0 fully saturated rings. The number of carbonyl (C=O) groups is 1. The molecule has 0 bridgehead atoms. The number of hydrogen-bond donors (Lipinski definition) is 1. The first-order chi connectivity index (χ1) is 12.2. The third-order valence-corrected chi connectivity index (χ3v) is 4.26. The molecule has 2 rings (SSSR count). The molecule has 0 amide bonds. The van der Waals surface area contributed by atoms with E-state index in [4.69, 9.17) is 0 Å². The van der Waals surface area contributed by atoms with Crippen molar-refractivity contribution in [1.82, 2.24) is 0 Å². The van der Waals surface area contributed by atoms with Crippen molar-refractivity contribution in [3.63, 3.8) is 0 Å². The van der Waals surface area contributed by atoms with Gasteiger partial charge in [-0.15, -0.1) is 0 Å². The fourth-order valence-corrected chi connectivity index (χ4v) is 2.79. The summed E-state index contributed by atoms with van der Waals surface area (Å²) in [6.45, 7) is 4.44. The zero-order chi connectivity index (χ0) is 18.3. The quantitative estimate of drug-likeness (QED) is 0.426. The molecular formula is C23H32O2. The number of hydrogen-bond acceptors (Lipinski definition) is 2. The summed E-state index contributed by atoms with van der Waals surface area (Å²) in [5.41, 5.74) is 3.28. The summed E-state index contributed by atoms with van der Waals surface area (Å²) in [4.78, 5) is 10.0. The lowest BCUT2D eigenvalue weighted by atomic mass is 9.96. The highest BCUT2D eigenvalue weighted by atomic mass is 16.3. The Kier molecular flexibility index (Phi) is 11.1. The van der Waals surface area contributed by atoms with E-state index < -0.39 is 0 Å².